The number of benzene rings is 2. The largest absolute Gasteiger partial charge is 0.333 e. The van der Waals surface area contributed by atoms with Crippen molar-refractivity contribution in [3.63, 3.8) is 0 Å². The Morgan fingerprint density at radius 1 is 1.15 bits per heavy atom. The molecule has 0 radical (unpaired) electrons. The molecular formula is C21H21N3O2S. The van der Waals surface area contributed by atoms with E-state index >= 15 is 0 Å². The first-order valence-corrected chi connectivity index (χ1v) is 9.88. The van der Waals surface area contributed by atoms with Crippen LogP contribution in [0.5, 0.6) is 0 Å². The Balaban J connectivity index is 1.46. The summed E-state index contributed by atoms with van der Waals surface area (Å²) in [5.74, 6) is 0.157. The molecule has 1 aliphatic carbocycles. The molecule has 1 heterocycles. The average molecular weight is 379 g/mol. The molecule has 0 aliphatic heterocycles. The van der Waals surface area contributed by atoms with Crippen molar-refractivity contribution in [2.75, 3.05) is 12.4 Å². The van der Waals surface area contributed by atoms with Crippen LogP contribution < -0.4 is 5.32 Å². The zero-order valence-electron chi connectivity index (χ0n) is 15.3. The molecule has 1 aliphatic rings. The van der Waals surface area contributed by atoms with Gasteiger partial charge < -0.3 is 10.2 Å². The fraction of sp³-hybridized carbons (Fsp3) is 0.286. The summed E-state index contributed by atoms with van der Waals surface area (Å²) in [5.41, 5.74) is 2.28. The van der Waals surface area contributed by atoms with Crippen molar-refractivity contribution in [2.24, 2.45) is 5.92 Å². The van der Waals surface area contributed by atoms with Crippen molar-refractivity contribution in [3.8, 4) is 0 Å². The predicted molar refractivity (Wildman–Crippen MR) is 108 cm³/mol. The van der Waals surface area contributed by atoms with Gasteiger partial charge in [0.05, 0.1) is 16.3 Å². The van der Waals surface area contributed by atoms with Crippen LogP contribution in [0, 0.1) is 5.92 Å². The minimum Gasteiger partial charge on any atom is -0.333 e. The fourth-order valence-electron chi connectivity index (χ4n) is 2.90. The summed E-state index contributed by atoms with van der Waals surface area (Å²) in [7, 11) is 1.79. The number of fused-ring (bicyclic) bond motifs is 1. The summed E-state index contributed by atoms with van der Waals surface area (Å²) in [6, 6.07) is 14.9. The van der Waals surface area contributed by atoms with E-state index in [2.05, 4.69) is 10.3 Å². The van der Waals surface area contributed by atoms with Gasteiger partial charge in [-0.25, -0.2) is 4.98 Å². The Morgan fingerprint density at radius 3 is 2.52 bits per heavy atom. The van der Waals surface area contributed by atoms with E-state index < -0.39 is 0 Å². The van der Waals surface area contributed by atoms with E-state index in [4.69, 9.17) is 0 Å². The minimum absolute atomic E-state index is 0.0654. The summed E-state index contributed by atoms with van der Waals surface area (Å²) >= 11 is 1.61. The molecule has 2 aromatic carbocycles. The van der Waals surface area contributed by atoms with E-state index in [1.807, 2.05) is 31.2 Å². The van der Waals surface area contributed by atoms with Crippen LogP contribution in [0.4, 0.5) is 5.69 Å². The number of para-hydroxylation sites is 1. The van der Waals surface area contributed by atoms with Crippen molar-refractivity contribution in [2.45, 2.75) is 25.8 Å². The second-order valence-corrected chi connectivity index (χ2v) is 8.01. The highest BCUT2D eigenvalue weighted by molar-refractivity contribution is 7.18. The first-order valence-electron chi connectivity index (χ1n) is 9.06. The maximum Gasteiger partial charge on any atom is 0.254 e. The number of carbonyl (C=O) groups excluding carboxylic acids is 2. The van der Waals surface area contributed by atoms with Crippen molar-refractivity contribution in [1.29, 1.82) is 0 Å². The molecule has 0 spiro atoms. The molecule has 0 unspecified atom stereocenters. The first kappa shape index (κ1) is 17.7. The number of nitrogens with zero attached hydrogens (tertiary/aromatic N) is 2. The van der Waals surface area contributed by atoms with Crippen LogP contribution in [0.2, 0.25) is 0 Å². The van der Waals surface area contributed by atoms with Gasteiger partial charge in [-0.2, -0.15) is 0 Å². The van der Waals surface area contributed by atoms with Crippen LogP contribution in [-0.4, -0.2) is 28.7 Å². The molecule has 27 heavy (non-hydrogen) atoms. The van der Waals surface area contributed by atoms with Crippen LogP contribution in [-0.2, 0) is 4.79 Å². The second kappa shape index (κ2) is 7.12. The van der Waals surface area contributed by atoms with Gasteiger partial charge >= 0.3 is 0 Å². The maximum atomic E-state index is 12.8. The van der Waals surface area contributed by atoms with E-state index in [-0.39, 0.29) is 23.8 Å². The Kier molecular flexibility index (Phi) is 4.66. The van der Waals surface area contributed by atoms with Gasteiger partial charge in [-0.1, -0.05) is 12.1 Å². The molecule has 0 saturated heterocycles. The number of amides is 2. The molecule has 3 aromatic rings. The highest BCUT2D eigenvalue weighted by atomic mass is 32.1. The summed E-state index contributed by atoms with van der Waals surface area (Å²) in [5, 5.41) is 3.81. The van der Waals surface area contributed by atoms with Gasteiger partial charge in [0.15, 0.2) is 0 Å². The van der Waals surface area contributed by atoms with E-state index in [1.54, 1.807) is 47.5 Å². The van der Waals surface area contributed by atoms with Gasteiger partial charge in [-0.05, 0) is 56.2 Å². The smallest absolute Gasteiger partial charge is 0.254 e. The Morgan fingerprint density at radius 2 is 1.85 bits per heavy atom. The number of nitrogens with one attached hydrogen (secondary N) is 1. The average Bonchev–Trinajstić information content (AvgIpc) is 3.45. The third-order valence-electron chi connectivity index (χ3n) is 4.92. The molecule has 1 atom stereocenters. The third-order valence-corrected chi connectivity index (χ3v) is 6.12. The normalized spacial score (nSPS) is 14.7. The predicted octanol–water partition coefficient (Wildman–Crippen LogP) is 4.48. The lowest BCUT2D eigenvalue weighted by atomic mass is 10.1. The van der Waals surface area contributed by atoms with Gasteiger partial charge in [0, 0.05) is 24.2 Å². The minimum atomic E-state index is -0.121. The lowest BCUT2D eigenvalue weighted by molar-refractivity contribution is -0.117. The second-order valence-electron chi connectivity index (χ2n) is 6.95. The molecule has 6 heteroatoms. The summed E-state index contributed by atoms with van der Waals surface area (Å²) in [6.07, 6.45) is 1.94. The van der Waals surface area contributed by atoms with Crippen LogP contribution in [0.25, 0.3) is 10.2 Å². The topological polar surface area (TPSA) is 62.3 Å². The van der Waals surface area contributed by atoms with Gasteiger partial charge in [-0.3, -0.25) is 9.59 Å². The highest BCUT2D eigenvalue weighted by Gasteiger charge is 2.29. The number of anilines is 1. The van der Waals surface area contributed by atoms with Crippen LogP contribution in [0.3, 0.4) is 0 Å². The molecular weight excluding hydrogens is 358 g/mol. The van der Waals surface area contributed by atoms with E-state index in [0.29, 0.717) is 5.56 Å². The Labute approximate surface area is 162 Å². The fourth-order valence-corrected chi connectivity index (χ4v) is 3.96. The van der Waals surface area contributed by atoms with Gasteiger partial charge in [0.25, 0.3) is 5.91 Å². The van der Waals surface area contributed by atoms with Crippen LogP contribution in [0.15, 0.2) is 48.5 Å². The van der Waals surface area contributed by atoms with Crippen molar-refractivity contribution >= 4 is 39.1 Å². The molecule has 138 valence electrons. The zero-order valence-corrected chi connectivity index (χ0v) is 16.1. The standard InChI is InChI=1S/C21H21N3O2S/c1-13(20-23-17-5-3-4-6-18(17)27-20)24(2)21(26)15-9-11-16(12-10-15)22-19(25)14-7-8-14/h3-6,9-14H,7-8H2,1-2H3,(H,22,25)/t13-/m0/s1. The number of carbonyl (C=O) groups is 2. The number of hydrogen-bond donors (Lipinski definition) is 1. The Bertz CT molecular complexity index is 959. The Hall–Kier alpha value is -2.73. The van der Waals surface area contributed by atoms with Crippen LogP contribution >= 0.6 is 11.3 Å². The quantitative estimate of drug-likeness (QED) is 0.711. The number of rotatable bonds is 5. The molecule has 1 N–H and O–H groups in total. The lowest BCUT2D eigenvalue weighted by Gasteiger charge is -2.23. The summed E-state index contributed by atoms with van der Waals surface area (Å²) in [4.78, 5) is 31.0. The van der Waals surface area contributed by atoms with Crippen molar-refractivity contribution in [3.05, 3.63) is 59.1 Å². The third kappa shape index (κ3) is 3.71. The maximum absolute atomic E-state index is 12.8. The molecule has 4 rings (SSSR count). The molecule has 0 bridgehead atoms. The first-order chi connectivity index (χ1) is 13.0. The number of hydrogen-bond acceptors (Lipinski definition) is 4. The monoisotopic (exact) mass is 379 g/mol. The number of aromatic nitrogens is 1. The molecule has 1 aromatic heterocycles. The number of thiazole rings is 1. The molecule has 5 nitrogen and oxygen atoms in total. The van der Waals surface area contributed by atoms with Gasteiger partial charge in [0.2, 0.25) is 5.91 Å². The highest BCUT2D eigenvalue weighted by Crippen LogP contribution is 2.31. The van der Waals surface area contributed by atoms with Crippen molar-refractivity contribution in [1.82, 2.24) is 9.88 Å². The zero-order chi connectivity index (χ0) is 19.0. The summed E-state index contributed by atoms with van der Waals surface area (Å²) < 4.78 is 1.12. The van der Waals surface area contributed by atoms with Crippen LogP contribution in [0.1, 0.15) is 41.2 Å². The molecule has 1 fully saturated rings. The summed E-state index contributed by atoms with van der Waals surface area (Å²) in [6.45, 7) is 1.99. The van der Waals surface area contributed by atoms with Gasteiger partial charge in [-0.15, -0.1) is 11.3 Å². The van der Waals surface area contributed by atoms with Crippen molar-refractivity contribution < 1.29 is 9.59 Å². The molecule has 1 saturated carbocycles. The van der Waals surface area contributed by atoms with E-state index in [0.717, 1.165) is 33.8 Å². The van der Waals surface area contributed by atoms with Gasteiger partial charge in [0.1, 0.15) is 5.01 Å². The molecule has 2 amide bonds. The van der Waals surface area contributed by atoms with E-state index in [9.17, 15) is 9.59 Å². The SMILES string of the molecule is C[C@@H](c1nc2ccccc2s1)N(C)C(=O)c1ccc(NC(=O)C2CC2)cc1. The lowest BCUT2D eigenvalue weighted by Crippen LogP contribution is -2.29. The van der Waals surface area contributed by atoms with E-state index in [1.165, 1.54) is 0 Å².